The third-order valence-corrected chi connectivity index (χ3v) is 0. The molecule has 9 heteroatoms. The fourth-order valence-electron chi connectivity index (χ4n) is 0. The molecule has 0 bridgehead atoms. The van der Waals surface area contributed by atoms with E-state index in [4.69, 9.17) is 0 Å². The molecule has 0 aliphatic rings. The van der Waals surface area contributed by atoms with Crippen molar-refractivity contribution in [1.29, 1.82) is 0 Å². The molecule has 0 rings (SSSR count). The molecule has 0 unspecified atom stereocenters. The minimum absolute atomic E-state index is 0. The summed E-state index contributed by atoms with van der Waals surface area (Å²) in [6, 6.07) is 0. The third kappa shape index (κ3) is 135. The fourth-order valence-corrected chi connectivity index (χ4v) is 0. The summed E-state index contributed by atoms with van der Waals surface area (Å²) >= 11 is 0. The Labute approximate surface area is 105 Å². The zero-order valence-electron chi connectivity index (χ0n) is 4.62. The number of halogens is 6. The minimum Gasteiger partial charge on any atom is -1.00 e. The van der Waals surface area contributed by atoms with E-state index in [0.717, 1.165) is 0 Å². The van der Waals surface area contributed by atoms with Gasteiger partial charge in [0.1, 0.15) is 0 Å². The average molecular weight is 350 g/mol. The number of rotatable bonds is 0. The van der Waals surface area contributed by atoms with Crippen molar-refractivity contribution in [3.63, 3.8) is 0 Å². The Morgan fingerprint density at radius 1 is 0.333 bits per heavy atom. The third-order valence-electron chi connectivity index (χ3n) is 0. The largest absolute Gasteiger partial charge is 4.00 e. The molecule has 2 nitrogen and oxygen atoms in total. The molecule has 68 valence electrons. The normalized spacial score (nSPS) is 0. The van der Waals surface area contributed by atoms with E-state index in [-0.39, 0.29) is 106 Å². The van der Waals surface area contributed by atoms with Crippen LogP contribution in [0.3, 0.4) is 0 Å². The van der Waals surface area contributed by atoms with E-state index in [1.807, 2.05) is 0 Å². The van der Waals surface area contributed by atoms with Crippen molar-refractivity contribution in [1.82, 2.24) is 12.3 Å². The van der Waals surface area contributed by atoms with Crippen LogP contribution in [0.1, 0.15) is 0 Å². The predicted molar refractivity (Wildman–Crippen MR) is 12.0 cm³/mol. The van der Waals surface area contributed by atoms with Gasteiger partial charge in [0.2, 0.25) is 0 Å². The van der Waals surface area contributed by atoms with Gasteiger partial charge in [-0.25, -0.2) is 0 Å². The summed E-state index contributed by atoms with van der Waals surface area (Å²) in [7, 11) is 0. The van der Waals surface area contributed by atoms with Crippen molar-refractivity contribution >= 4 is 0 Å². The van der Waals surface area contributed by atoms with E-state index >= 15 is 0 Å². The summed E-state index contributed by atoms with van der Waals surface area (Å²) in [5.41, 5.74) is 0. The van der Waals surface area contributed by atoms with Gasteiger partial charge in [-0.15, -0.1) is 0 Å². The molecule has 0 fully saturated rings. The van der Waals surface area contributed by atoms with Gasteiger partial charge in [-0.2, -0.15) is 0 Å². The first-order valence-electron chi connectivity index (χ1n) is 0. The topological polar surface area (TPSA) is 73.0 Å². The molecule has 0 aliphatic carbocycles. The molecule has 0 radical (unpaired) electrons. The second kappa shape index (κ2) is 170. The van der Waals surface area contributed by atoms with Crippen LogP contribution in [0.2, 0.25) is 0 Å². The van der Waals surface area contributed by atoms with Crippen LogP contribution < -0.4 is 86.7 Å². The van der Waals surface area contributed by atoms with Gasteiger partial charge in [-0.1, -0.05) is 0 Å². The molecule has 0 saturated carbocycles. The van der Waals surface area contributed by atoms with E-state index in [1.165, 1.54) is 0 Å². The maximum absolute atomic E-state index is 0. The number of hydrogen-bond acceptors (Lipinski definition) is 0. The molecule has 0 aromatic heterocycles. The molecule has 0 atom stereocenters. The summed E-state index contributed by atoms with van der Waals surface area (Å²) in [5, 5.41) is 0. The van der Waals surface area contributed by atoms with Crippen LogP contribution in [0.25, 0.3) is 0 Å². The van der Waals surface area contributed by atoms with E-state index in [9.17, 15) is 0 Å². The summed E-state index contributed by atoms with van der Waals surface area (Å²) < 4.78 is 0. The Kier molecular flexibility index (Phi) is 4320. The molecule has 8 N–H and O–H groups in total. The van der Waals surface area contributed by atoms with Crippen LogP contribution in [0.4, 0.5) is 0 Å². The second-order valence-electron chi connectivity index (χ2n) is 0. The summed E-state index contributed by atoms with van der Waals surface area (Å²) in [6.07, 6.45) is 0. The second-order valence-corrected chi connectivity index (χ2v) is 0. The Morgan fingerprint density at radius 3 is 0.333 bits per heavy atom. The summed E-state index contributed by atoms with van der Waals surface area (Å²) in [4.78, 5) is 0. The van der Waals surface area contributed by atoms with Crippen molar-refractivity contribution in [2.45, 2.75) is 0 Å². The predicted octanol–water partition coefficient (Wildman–Crippen LogP) is -17.2. The van der Waals surface area contributed by atoms with Gasteiger partial charge in [0.05, 0.1) is 0 Å². The Morgan fingerprint density at radius 2 is 0.333 bits per heavy atom. The van der Waals surface area contributed by atoms with Crippen LogP contribution in [0.5, 0.6) is 0 Å². The monoisotopic (exact) mass is 348 g/mol. The molecular weight excluding hydrogens is 342 g/mol. The van der Waals surface area contributed by atoms with Crippen LogP contribution in [0, 0.1) is 0 Å². The standard InChI is InChI=1S/6ClH.2H3N.Ru/h6*1H;2*1H3;/q;;;;;;;;+4/p-4. The first-order chi connectivity index (χ1) is 0. The minimum atomic E-state index is 0. The number of hydrogen-bond donors (Lipinski definition) is 2. The van der Waals surface area contributed by atoms with E-state index in [2.05, 4.69) is 0 Å². The van der Waals surface area contributed by atoms with Crippen molar-refractivity contribution < 1.29 is 93.9 Å². The molecule has 0 heterocycles. The Bertz CT molecular complexity index is 11.0. The van der Waals surface area contributed by atoms with Crippen LogP contribution in [-0.2, 0) is 19.5 Å². The SMILES string of the molecule is [Cl-].[Cl-].[Cl-].[Cl-].[Cl-].[Cl-].[NH4+].[NH4+].[Ru+4]. The molecule has 0 spiro atoms. The van der Waals surface area contributed by atoms with Gasteiger partial charge in [0.25, 0.3) is 0 Å². The molecule has 9 heavy (non-hydrogen) atoms. The Balaban J connectivity index is 0. The van der Waals surface area contributed by atoms with Crippen molar-refractivity contribution in [3.8, 4) is 0 Å². The van der Waals surface area contributed by atoms with Crippen LogP contribution in [-0.4, -0.2) is 0 Å². The maximum atomic E-state index is 0. The average Bonchev–Trinajstić information content (AvgIpc) is 0. The molecule has 0 aromatic rings. The zero-order chi connectivity index (χ0) is 0. The van der Waals surface area contributed by atoms with E-state index in [0.29, 0.717) is 0 Å². The molecule has 0 amide bonds. The zero-order valence-corrected chi connectivity index (χ0v) is 10.9. The van der Waals surface area contributed by atoms with Gasteiger partial charge in [0, 0.05) is 0 Å². The first kappa shape index (κ1) is 229. The Hall–Kier alpha value is 2.28. The van der Waals surface area contributed by atoms with Gasteiger partial charge < -0.3 is 86.7 Å². The molecule has 0 aliphatic heterocycles. The van der Waals surface area contributed by atoms with Gasteiger partial charge in [0.15, 0.2) is 0 Å². The van der Waals surface area contributed by atoms with Crippen molar-refractivity contribution in [2.24, 2.45) is 0 Å². The van der Waals surface area contributed by atoms with E-state index in [1.54, 1.807) is 0 Å². The van der Waals surface area contributed by atoms with Gasteiger partial charge in [-0.05, 0) is 0 Å². The number of quaternary nitrogens is 2. The van der Waals surface area contributed by atoms with Crippen LogP contribution in [0.15, 0.2) is 0 Å². The van der Waals surface area contributed by atoms with Crippen molar-refractivity contribution in [3.05, 3.63) is 0 Å². The molecule has 0 saturated heterocycles. The van der Waals surface area contributed by atoms with Gasteiger partial charge in [-0.3, -0.25) is 0 Å². The first-order valence-corrected chi connectivity index (χ1v) is 0. The maximum Gasteiger partial charge on any atom is 4.00 e. The van der Waals surface area contributed by atoms with Gasteiger partial charge >= 0.3 is 19.5 Å². The molecule has 0 aromatic carbocycles. The fraction of sp³-hybridized carbons (Fsp3) is 0. The van der Waals surface area contributed by atoms with Crippen LogP contribution >= 0.6 is 0 Å². The smallest absolute Gasteiger partial charge is 1.00 e. The van der Waals surface area contributed by atoms with E-state index < -0.39 is 0 Å². The summed E-state index contributed by atoms with van der Waals surface area (Å²) in [5.74, 6) is 0. The summed E-state index contributed by atoms with van der Waals surface area (Å²) in [6.45, 7) is 0. The van der Waals surface area contributed by atoms with Crippen molar-refractivity contribution in [2.75, 3.05) is 0 Å². The molecular formula is H8Cl6N2Ru. The quantitative estimate of drug-likeness (QED) is 0.408.